The van der Waals surface area contributed by atoms with Crippen molar-refractivity contribution in [2.45, 2.75) is 45.9 Å². The number of rotatable bonds is 5. The molecule has 2 unspecified atom stereocenters. The van der Waals surface area contributed by atoms with Crippen molar-refractivity contribution in [2.75, 3.05) is 25.5 Å². The first-order chi connectivity index (χ1) is 16.7. The monoisotopic (exact) mass is 481 g/mol. The van der Waals surface area contributed by atoms with E-state index in [1.54, 1.807) is 29.2 Å². The number of carbonyl (C=O) groups is 1. The lowest BCUT2D eigenvalue weighted by atomic mass is 10.1. The van der Waals surface area contributed by atoms with Gasteiger partial charge in [0.15, 0.2) is 16.8 Å². The van der Waals surface area contributed by atoms with Crippen molar-refractivity contribution in [1.82, 2.24) is 10.2 Å². The van der Waals surface area contributed by atoms with Crippen LogP contribution in [0, 0.1) is 0 Å². The van der Waals surface area contributed by atoms with Crippen LogP contribution in [0.15, 0.2) is 45.6 Å². The van der Waals surface area contributed by atoms with E-state index in [9.17, 15) is 14.7 Å². The lowest BCUT2D eigenvalue weighted by Crippen LogP contribution is -2.56. The molecule has 2 amide bonds. The number of ether oxygens (including phenoxy) is 2. The molecule has 3 N–H and O–H groups in total. The van der Waals surface area contributed by atoms with Gasteiger partial charge in [-0.2, -0.15) is 0 Å². The first-order valence-corrected chi connectivity index (χ1v) is 11.6. The summed E-state index contributed by atoms with van der Waals surface area (Å²) < 4.78 is 17.3. The molecule has 2 atom stereocenters. The number of anilines is 1. The number of nitrogens with one attached hydrogen (secondary N) is 2. The van der Waals surface area contributed by atoms with Crippen LogP contribution in [0.5, 0.6) is 17.2 Å². The van der Waals surface area contributed by atoms with Gasteiger partial charge in [-0.3, -0.25) is 4.79 Å². The second-order valence-corrected chi connectivity index (χ2v) is 9.15. The molecule has 186 valence electrons. The van der Waals surface area contributed by atoms with Crippen LogP contribution >= 0.6 is 0 Å². The van der Waals surface area contributed by atoms with E-state index in [0.717, 1.165) is 0 Å². The molecule has 35 heavy (non-hydrogen) atoms. The smallest absolute Gasteiger partial charge is 0.321 e. The highest BCUT2D eigenvalue weighted by Gasteiger charge is 2.25. The minimum Gasteiger partial charge on any atom is -0.507 e. The first-order valence-electron chi connectivity index (χ1n) is 11.6. The highest BCUT2D eigenvalue weighted by molar-refractivity contribution is 5.92. The molecule has 1 aromatic heterocycles. The number of hydrogen-bond donors (Lipinski definition) is 3. The predicted octanol–water partition coefficient (Wildman–Crippen LogP) is 4.18. The molecule has 1 aliphatic heterocycles. The van der Waals surface area contributed by atoms with Gasteiger partial charge in [-0.15, -0.1) is 0 Å². The number of phenols is 1. The molecule has 2 aromatic carbocycles. The molecule has 0 spiro atoms. The van der Waals surface area contributed by atoms with Gasteiger partial charge < -0.3 is 34.5 Å². The second kappa shape index (κ2) is 9.87. The number of carbonyl (C=O) groups excluding carboxylic acids is 1. The van der Waals surface area contributed by atoms with Gasteiger partial charge in [0.1, 0.15) is 16.9 Å². The van der Waals surface area contributed by atoms with E-state index >= 15 is 0 Å². The topological polar surface area (TPSA) is 113 Å². The largest absolute Gasteiger partial charge is 0.507 e. The summed E-state index contributed by atoms with van der Waals surface area (Å²) in [5.41, 5.74) is 0.958. The summed E-state index contributed by atoms with van der Waals surface area (Å²) in [6.45, 7) is 9.05. The van der Waals surface area contributed by atoms with E-state index in [-0.39, 0.29) is 52.4 Å². The number of hydrogen-bond acceptors (Lipinski definition) is 7. The van der Waals surface area contributed by atoms with Gasteiger partial charge in [0.25, 0.3) is 0 Å². The van der Waals surface area contributed by atoms with Gasteiger partial charge >= 0.3 is 6.03 Å². The Labute approximate surface area is 203 Å². The van der Waals surface area contributed by atoms with Crippen molar-refractivity contribution in [3.63, 3.8) is 0 Å². The van der Waals surface area contributed by atoms with Gasteiger partial charge in [-0.1, -0.05) is 0 Å². The van der Waals surface area contributed by atoms with Gasteiger partial charge in [0, 0.05) is 48.6 Å². The molecule has 0 bridgehead atoms. The van der Waals surface area contributed by atoms with Gasteiger partial charge in [0.05, 0.1) is 13.2 Å². The molecule has 1 saturated heterocycles. The molecule has 9 nitrogen and oxygen atoms in total. The zero-order chi connectivity index (χ0) is 25.3. The standard InChI is InChI=1S/C26H31N3O6/c1-14(2)34-24-22(33-5)11-20(31)23-19(30)10-21(35-25(23)24)17-6-8-18(9-7-17)28-26(32)29-12-15(3)27-16(4)13-29/h6-11,14-16,27,31H,12-13H2,1-5H3,(H,28,32). The third-order valence-electron chi connectivity index (χ3n) is 5.74. The molecule has 2 heterocycles. The number of fused-ring (bicyclic) bond motifs is 1. The molecular weight excluding hydrogens is 450 g/mol. The average Bonchev–Trinajstić information content (AvgIpc) is 2.80. The molecule has 1 fully saturated rings. The number of methoxy groups -OCH3 is 1. The summed E-state index contributed by atoms with van der Waals surface area (Å²) in [5.74, 6) is 0.561. The fraction of sp³-hybridized carbons (Fsp3) is 0.385. The van der Waals surface area contributed by atoms with Crippen LogP contribution < -0.4 is 25.5 Å². The van der Waals surface area contributed by atoms with Gasteiger partial charge in [-0.25, -0.2) is 4.79 Å². The highest BCUT2D eigenvalue weighted by Crippen LogP contribution is 2.41. The predicted molar refractivity (Wildman–Crippen MR) is 135 cm³/mol. The molecule has 0 aliphatic carbocycles. The van der Waals surface area contributed by atoms with E-state index in [1.807, 2.05) is 13.8 Å². The number of amides is 2. The van der Waals surface area contributed by atoms with Crippen LogP contribution in [-0.2, 0) is 0 Å². The second-order valence-electron chi connectivity index (χ2n) is 9.15. The highest BCUT2D eigenvalue weighted by atomic mass is 16.5. The average molecular weight is 482 g/mol. The van der Waals surface area contributed by atoms with Gasteiger partial charge in [-0.05, 0) is 52.0 Å². The van der Waals surface area contributed by atoms with Crippen LogP contribution in [0.2, 0.25) is 0 Å². The third kappa shape index (κ3) is 5.19. The third-order valence-corrected chi connectivity index (χ3v) is 5.74. The number of nitrogens with zero attached hydrogens (tertiary/aromatic N) is 1. The van der Waals surface area contributed by atoms with Crippen molar-refractivity contribution in [3.05, 3.63) is 46.6 Å². The van der Waals surface area contributed by atoms with Crippen LogP contribution in [0.3, 0.4) is 0 Å². The summed E-state index contributed by atoms with van der Waals surface area (Å²) >= 11 is 0. The number of piperazine rings is 1. The zero-order valence-electron chi connectivity index (χ0n) is 20.5. The molecule has 0 saturated carbocycles. The Balaban J connectivity index is 1.64. The summed E-state index contributed by atoms with van der Waals surface area (Å²) in [4.78, 5) is 27.4. The fourth-order valence-electron chi connectivity index (χ4n) is 4.32. The van der Waals surface area contributed by atoms with Crippen LogP contribution in [0.25, 0.3) is 22.3 Å². The summed E-state index contributed by atoms with van der Waals surface area (Å²) in [5, 5.41) is 16.8. The Morgan fingerprint density at radius 3 is 2.43 bits per heavy atom. The maximum atomic E-state index is 12.9. The molecule has 9 heteroatoms. The van der Waals surface area contributed by atoms with Crippen molar-refractivity contribution in [3.8, 4) is 28.6 Å². The quantitative estimate of drug-likeness (QED) is 0.501. The Morgan fingerprint density at radius 1 is 1.17 bits per heavy atom. The van der Waals surface area contributed by atoms with E-state index in [1.165, 1.54) is 19.2 Å². The number of urea groups is 1. The Kier molecular flexibility index (Phi) is 6.88. The number of benzene rings is 2. The van der Waals surface area contributed by atoms with Gasteiger partial charge in [0.2, 0.25) is 5.75 Å². The molecular formula is C26H31N3O6. The summed E-state index contributed by atoms with van der Waals surface area (Å²) in [6.07, 6.45) is -0.213. The number of aromatic hydroxyl groups is 1. The number of phenolic OH excluding ortho intramolecular Hbond substituents is 1. The van der Waals surface area contributed by atoms with Crippen LogP contribution in [0.1, 0.15) is 27.7 Å². The minimum absolute atomic E-state index is 0.0218. The zero-order valence-corrected chi connectivity index (χ0v) is 20.5. The van der Waals surface area contributed by atoms with Crippen molar-refractivity contribution >= 4 is 22.7 Å². The van der Waals surface area contributed by atoms with Crippen molar-refractivity contribution in [1.29, 1.82) is 0 Å². The Hall–Kier alpha value is -3.72. The first kappa shape index (κ1) is 24.4. The van der Waals surface area contributed by atoms with E-state index in [0.29, 0.717) is 30.1 Å². The Bertz CT molecular complexity index is 1270. The van der Waals surface area contributed by atoms with E-state index in [2.05, 4.69) is 24.5 Å². The van der Waals surface area contributed by atoms with Crippen LogP contribution in [-0.4, -0.2) is 54.4 Å². The normalized spacial score (nSPS) is 18.1. The SMILES string of the molecule is COc1cc(O)c2c(=O)cc(-c3ccc(NC(=O)N4CC(C)NC(C)C4)cc3)oc2c1OC(C)C. The maximum Gasteiger partial charge on any atom is 0.321 e. The molecule has 1 aliphatic rings. The lowest BCUT2D eigenvalue weighted by Gasteiger charge is -2.36. The summed E-state index contributed by atoms with van der Waals surface area (Å²) in [6, 6.07) is 9.97. The Morgan fingerprint density at radius 2 is 1.83 bits per heavy atom. The van der Waals surface area contributed by atoms with Crippen molar-refractivity contribution in [2.24, 2.45) is 0 Å². The van der Waals surface area contributed by atoms with Crippen molar-refractivity contribution < 1.29 is 23.8 Å². The molecule has 0 radical (unpaired) electrons. The maximum absolute atomic E-state index is 12.9. The minimum atomic E-state index is -0.408. The van der Waals surface area contributed by atoms with E-state index < -0.39 is 5.43 Å². The molecule has 3 aromatic rings. The summed E-state index contributed by atoms with van der Waals surface area (Å²) in [7, 11) is 1.45. The fourth-order valence-corrected chi connectivity index (χ4v) is 4.32. The lowest BCUT2D eigenvalue weighted by molar-refractivity contribution is 0.176. The van der Waals surface area contributed by atoms with Crippen LogP contribution in [0.4, 0.5) is 10.5 Å². The molecule has 4 rings (SSSR count). The van der Waals surface area contributed by atoms with E-state index in [4.69, 9.17) is 13.9 Å².